The van der Waals surface area contributed by atoms with E-state index in [0.717, 1.165) is 56.3 Å². The Morgan fingerprint density at radius 3 is 2.55 bits per heavy atom. The Hall–Kier alpha value is -2.82. The van der Waals surface area contributed by atoms with Crippen molar-refractivity contribution in [3.8, 4) is 5.75 Å². The average molecular weight is 447 g/mol. The highest BCUT2D eigenvalue weighted by atomic mass is 16.5. The molecule has 2 aromatic carbocycles. The Labute approximate surface area is 196 Å². The molecule has 0 bridgehead atoms. The van der Waals surface area contributed by atoms with Gasteiger partial charge in [0.05, 0.1) is 6.04 Å². The molecule has 2 aromatic rings. The number of hydrogen-bond donors (Lipinski definition) is 1. The summed E-state index contributed by atoms with van der Waals surface area (Å²) in [5, 5.41) is 3.00. The van der Waals surface area contributed by atoms with Gasteiger partial charge < -0.3 is 15.0 Å². The number of fused-ring (bicyclic) bond motifs is 1. The SMILES string of the molecule is CC(Oc1ccc2c(c1)C(c1ccccc1)N(C(=O)C1CCCC1)CC2)C(=O)NCC1CC1. The largest absolute Gasteiger partial charge is 0.481 e. The lowest BCUT2D eigenvalue weighted by Crippen LogP contribution is -2.43. The third-order valence-corrected chi connectivity index (χ3v) is 7.39. The topological polar surface area (TPSA) is 58.6 Å². The minimum atomic E-state index is -0.559. The third kappa shape index (κ3) is 4.92. The zero-order chi connectivity index (χ0) is 22.8. The Balaban J connectivity index is 1.40. The first-order valence-corrected chi connectivity index (χ1v) is 12.5. The minimum Gasteiger partial charge on any atom is -0.481 e. The van der Waals surface area contributed by atoms with Crippen molar-refractivity contribution in [2.45, 2.75) is 64.0 Å². The highest BCUT2D eigenvalue weighted by Crippen LogP contribution is 2.39. The summed E-state index contributed by atoms with van der Waals surface area (Å²) in [6.07, 6.45) is 6.99. The maximum atomic E-state index is 13.5. The van der Waals surface area contributed by atoms with Crippen molar-refractivity contribution >= 4 is 11.8 Å². The number of hydrogen-bond acceptors (Lipinski definition) is 3. The maximum absolute atomic E-state index is 13.5. The molecular formula is C28H34N2O3. The number of rotatable bonds is 7. The van der Waals surface area contributed by atoms with Gasteiger partial charge in [-0.3, -0.25) is 9.59 Å². The molecule has 2 fully saturated rings. The Kier molecular flexibility index (Phi) is 6.39. The van der Waals surface area contributed by atoms with Crippen LogP contribution in [0.15, 0.2) is 48.5 Å². The summed E-state index contributed by atoms with van der Waals surface area (Å²) in [5.74, 6) is 1.68. The van der Waals surface area contributed by atoms with E-state index in [0.29, 0.717) is 11.7 Å². The highest BCUT2D eigenvalue weighted by molar-refractivity contribution is 5.81. The Bertz CT molecular complexity index is 995. The monoisotopic (exact) mass is 446 g/mol. The Morgan fingerprint density at radius 1 is 1.06 bits per heavy atom. The zero-order valence-corrected chi connectivity index (χ0v) is 19.5. The lowest BCUT2D eigenvalue weighted by Gasteiger charge is -2.39. The fraction of sp³-hybridized carbons (Fsp3) is 0.500. The van der Waals surface area contributed by atoms with Crippen LogP contribution in [0.25, 0.3) is 0 Å². The van der Waals surface area contributed by atoms with Gasteiger partial charge in [0, 0.05) is 19.0 Å². The van der Waals surface area contributed by atoms with Crippen LogP contribution >= 0.6 is 0 Å². The quantitative estimate of drug-likeness (QED) is 0.674. The van der Waals surface area contributed by atoms with E-state index in [4.69, 9.17) is 4.74 Å². The fourth-order valence-electron chi connectivity index (χ4n) is 5.27. The first-order valence-electron chi connectivity index (χ1n) is 12.5. The molecule has 1 N–H and O–H groups in total. The molecule has 2 unspecified atom stereocenters. The first-order chi connectivity index (χ1) is 16.1. The molecule has 0 radical (unpaired) electrons. The van der Waals surface area contributed by atoms with Crippen molar-refractivity contribution in [2.24, 2.45) is 11.8 Å². The van der Waals surface area contributed by atoms with Crippen molar-refractivity contribution in [2.75, 3.05) is 13.1 Å². The number of ether oxygens (including phenoxy) is 1. The van der Waals surface area contributed by atoms with Crippen molar-refractivity contribution in [1.29, 1.82) is 0 Å². The molecule has 33 heavy (non-hydrogen) atoms. The summed E-state index contributed by atoms with van der Waals surface area (Å²) in [5.41, 5.74) is 3.48. The molecular weight excluding hydrogens is 412 g/mol. The van der Waals surface area contributed by atoms with Crippen molar-refractivity contribution in [3.63, 3.8) is 0 Å². The number of benzene rings is 2. The van der Waals surface area contributed by atoms with Gasteiger partial charge in [0.2, 0.25) is 5.91 Å². The van der Waals surface area contributed by atoms with Crippen molar-refractivity contribution in [1.82, 2.24) is 10.2 Å². The van der Waals surface area contributed by atoms with Crippen LogP contribution in [0.4, 0.5) is 0 Å². The van der Waals surface area contributed by atoms with Gasteiger partial charge in [-0.1, -0.05) is 49.2 Å². The summed E-state index contributed by atoms with van der Waals surface area (Å²) in [6, 6.07) is 16.3. The van der Waals surface area contributed by atoms with E-state index >= 15 is 0 Å². The van der Waals surface area contributed by atoms with Gasteiger partial charge in [0.1, 0.15) is 5.75 Å². The second-order valence-corrected chi connectivity index (χ2v) is 9.89. The van der Waals surface area contributed by atoms with E-state index in [2.05, 4.69) is 28.4 Å². The van der Waals surface area contributed by atoms with Crippen molar-refractivity contribution in [3.05, 3.63) is 65.2 Å². The molecule has 0 spiro atoms. The summed E-state index contributed by atoms with van der Waals surface area (Å²) >= 11 is 0. The minimum absolute atomic E-state index is 0.0720. The van der Waals surface area contributed by atoms with Gasteiger partial charge in [0.25, 0.3) is 5.91 Å². The summed E-state index contributed by atoms with van der Waals surface area (Å²) in [7, 11) is 0. The van der Waals surface area contributed by atoms with Crippen molar-refractivity contribution < 1.29 is 14.3 Å². The van der Waals surface area contributed by atoms with E-state index in [1.807, 2.05) is 30.3 Å². The van der Waals surface area contributed by atoms with Crippen LogP contribution in [0, 0.1) is 11.8 Å². The van der Waals surface area contributed by atoms with Gasteiger partial charge in [-0.05, 0) is 73.8 Å². The van der Waals surface area contributed by atoms with Crippen LogP contribution in [0.3, 0.4) is 0 Å². The van der Waals surface area contributed by atoms with Crippen LogP contribution in [-0.2, 0) is 16.0 Å². The molecule has 2 atom stereocenters. The molecule has 1 heterocycles. The fourth-order valence-corrected chi connectivity index (χ4v) is 5.27. The predicted octanol–water partition coefficient (Wildman–Crippen LogP) is 4.64. The van der Waals surface area contributed by atoms with E-state index in [9.17, 15) is 9.59 Å². The standard InChI is InChI=1S/C28H34N2O3/c1-19(27(31)29-18-20-11-12-20)33-24-14-13-21-15-16-30(28(32)23-9-5-6-10-23)26(25(21)17-24)22-7-3-2-4-8-22/h2-4,7-8,13-14,17,19-20,23,26H,5-6,9-12,15-16,18H2,1H3,(H,29,31). The molecule has 2 aliphatic carbocycles. The normalized spacial score (nSPS) is 21.4. The molecule has 174 valence electrons. The molecule has 5 nitrogen and oxygen atoms in total. The average Bonchev–Trinajstić information content (AvgIpc) is 3.52. The van der Waals surface area contributed by atoms with E-state index in [-0.39, 0.29) is 23.8 Å². The number of amides is 2. The number of nitrogens with one attached hydrogen (secondary N) is 1. The second-order valence-electron chi connectivity index (χ2n) is 9.89. The van der Waals surface area contributed by atoms with E-state index < -0.39 is 6.10 Å². The number of carbonyl (C=O) groups is 2. The Morgan fingerprint density at radius 2 is 1.82 bits per heavy atom. The van der Waals surface area contributed by atoms with Crippen LogP contribution < -0.4 is 10.1 Å². The molecule has 5 heteroatoms. The lowest BCUT2D eigenvalue weighted by atomic mass is 9.87. The van der Waals surface area contributed by atoms with Gasteiger partial charge in [0.15, 0.2) is 6.10 Å². The molecule has 5 rings (SSSR count). The smallest absolute Gasteiger partial charge is 0.260 e. The first kappa shape index (κ1) is 22.0. The van der Waals surface area contributed by atoms with Gasteiger partial charge >= 0.3 is 0 Å². The lowest BCUT2D eigenvalue weighted by molar-refractivity contribution is -0.137. The van der Waals surface area contributed by atoms with Crippen LogP contribution in [0.1, 0.15) is 68.2 Å². The highest BCUT2D eigenvalue weighted by Gasteiger charge is 2.36. The van der Waals surface area contributed by atoms with Crippen LogP contribution in [-0.4, -0.2) is 35.9 Å². The zero-order valence-electron chi connectivity index (χ0n) is 19.5. The molecule has 2 saturated carbocycles. The second kappa shape index (κ2) is 9.58. The van der Waals surface area contributed by atoms with Crippen LogP contribution in [0.2, 0.25) is 0 Å². The molecule has 0 aromatic heterocycles. The molecule has 0 saturated heterocycles. The van der Waals surface area contributed by atoms with Crippen LogP contribution in [0.5, 0.6) is 5.75 Å². The molecule has 1 aliphatic heterocycles. The third-order valence-electron chi connectivity index (χ3n) is 7.39. The summed E-state index contributed by atoms with van der Waals surface area (Å²) in [6.45, 7) is 3.28. The van der Waals surface area contributed by atoms with E-state index in [1.165, 1.54) is 18.4 Å². The van der Waals surface area contributed by atoms with E-state index in [1.54, 1.807) is 6.92 Å². The maximum Gasteiger partial charge on any atom is 0.260 e. The predicted molar refractivity (Wildman–Crippen MR) is 128 cm³/mol. The number of nitrogens with zero attached hydrogens (tertiary/aromatic N) is 1. The molecule has 3 aliphatic rings. The van der Waals surface area contributed by atoms with Gasteiger partial charge in [-0.2, -0.15) is 0 Å². The van der Waals surface area contributed by atoms with Gasteiger partial charge in [-0.25, -0.2) is 0 Å². The summed E-state index contributed by atoms with van der Waals surface area (Å²) in [4.78, 5) is 28.1. The van der Waals surface area contributed by atoms with Gasteiger partial charge in [-0.15, -0.1) is 0 Å². The summed E-state index contributed by atoms with van der Waals surface area (Å²) < 4.78 is 6.06. The molecule has 2 amide bonds. The number of carbonyl (C=O) groups excluding carboxylic acids is 2.